The average molecular weight is 403 g/mol. The average Bonchev–Trinajstić information content (AvgIpc) is 2.75. The molecule has 3 rings (SSSR count). The molecule has 0 spiro atoms. The van der Waals surface area contributed by atoms with Crippen molar-refractivity contribution in [2.45, 2.75) is 149 Å². The molecule has 0 aromatic carbocycles. The van der Waals surface area contributed by atoms with Crippen LogP contribution in [0.1, 0.15) is 149 Å². The lowest BCUT2D eigenvalue weighted by Gasteiger charge is -2.36. The molecule has 0 aromatic heterocycles. The van der Waals surface area contributed by atoms with Crippen molar-refractivity contribution >= 4 is 0 Å². The van der Waals surface area contributed by atoms with Crippen molar-refractivity contribution in [2.24, 2.45) is 35.5 Å². The molecule has 3 aliphatic carbocycles. The van der Waals surface area contributed by atoms with Gasteiger partial charge in [-0.2, -0.15) is 0 Å². The van der Waals surface area contributed by atoms with Crippen molar-refractivity contribution in [2.75, 3.05) is 0 Å². The zero-order valence-corrected chi connectivity index (χ0v) is 20.3. The molecule has 0 radical (unpaired) electrons. The van der Waals surface area contributed by atoms with Gasteiger partial charge in [0, 0.05) is 0 Å². The largest absolute Gasteiger partial charge is 0.0654 e. The lowest BCUT2D eigenvalue weighted by Crippen LogP contribution is -2.23. The number of hydrogen-bond acceptors (Lipinski definition) is 0. The van der Waals surface area contributed by atoms with Gasteiger partial charge in [-0.1, -0.05) is 136 Å². The Hall–Kier alpha value is 0. The van der Waals surface area contributed by atoms with Gasteiger partial charge in [0.05, 0.1) is 0 Å². The third-order valence-electron chi connectivity index (χ3n) is 9.40. The highest BCUT2D eigenvalue weighted by Crippen LogP contribution is 2.42. The predicted molar refractivity (Wildman–Crippen MR) is 129 cm³/mol. The quantitative estimate of drug-likeness (QED) is 0.301. The third-order valence-corrected chi connectivity index (χ3v) is 9.40. The van der Waals surface area contributed by atoms with Gasteiger partial charge in [-0.25, -0.2) is 0 Å². The Balaban J connectivity index is 1.23. The van der Waals surface area contributed by atoms with Crippen LogP contribution >= 0.6 is 0 Å². The van der Waals surface area contributed by atoms with Crippen LogP contribution in [0.15, 0.2) is 0 Å². The van der Waals surface area contributed by atoms with E-state index in [0.29, 0.717) is 0 Å². The first-order valence-electron chi connectivity index (χ1n) is 14.3. The Morgan fingerprint density at radius 3 is 1.14 bits per heavy atom. The fraction of sp³-hybridized carbons (Fsp3) is 1.00. The summed E-state index contributed by atoms with van der Waals surface area (Å²) in [6.45, 7) is 4.70. The lowest BCUT2D eigenvalue weighted by atomic mass is 9.70. The monoisotopic (exact) mass is 402 g/mol. The van der Waals surface area contributed by atoms with E-state index in [1.54, 1.807) is 89.9 Å². The molecule has 0 saturated heterocycles. The van der Waals surface area contributed by atoms with E-state index in [2.05, 4.69) is 13.8 Å². The van der Waals surface area contributed by atoms with E-state index < -0.39 is 0 Å². The van der Waals surface area contributed by atoms with Gasteiger partial charge in [0.2, 0.25) is 0 Å². The van der Waals surface area contributed by atoms with E-state index >= 15 is 0 Å². The maximum absolute atomic E-state index is 2.37. The highest BCUT2D eigenvalue weighted by Gasteiger charge is 2.29. The van der Waals surface area contributed by atoms with Gasteiger partial charge in [0.15, 0.2) is 0 Å². The molecule has 0 amide bonds. The summed E-state index contributed by atoms with van der Waals surface area (Å²) < 4.78 is 0. The molecule has 0 aromatic rings. The molecule has 170 valence electrons. The first-order valence-corrected chi connectivity index (χ1v) is 14.3. The van der Waals surface area contributed by atoms with Crippen molar-refractivity contribution < 1.29 is 0 Å². The second kappa shape index (κ2) is 13.4. The second-order valence-corrected chi connectivity index (χ2v) is 11.8. The van der Waals surface area contributed by atoms with Gasteiger partial charge in [-0.15, -0.1) is 0 Å². The summed E-state index contributed by atoms with van der Waals surface area (Å²) in [5, 5.41) is 0. The Bertz CT molecular complexity index is 388. The third kappa shape index (κ3) is 8.57. The first-order chi connectivity index (χ1) is 14.3. The van der Waals surface area contributed by atoms with Crippen LogP contribution in [0.25, 0.3) is 0 Å². The Morgan fingerprint density at radius 1 is 0.379 bits per heavy atom. The zero-order chi connectivity index (χ0) is 20.3. The van der Waals surface area contributed by atoms with Crippen molar-refractivity contribution in [1.82, 2.24) is 0 Å². The molecule has 0 N–H and O–H groups in total. The van der Waals surface area contributed by atoms with E-state index in [4.69, 9.17) is 0 Å². The molecule has 0 bridgehead atoms. The van der Waals surface area contributed by atoms with Crippen LogP contribution in [0.4, 0.5) is 0 Å². The van der Waals surface area contributed by atoms with Crippen LogP contribution in [0, 0.1) is 35.5 Å². The molecular formula is C29H54. The van der Waals surface area contributed by atoms with Gasteiger partial charge < -0.3 is 0 Å². The molecule has 0 heterocycles. The summed E-state index contributed by atoms with van der Waals surface area (Å²) in [6, 6.07) is 0. The number of hydrogen-bond donors (Lipinski definition) is 0. The molecule has 0 atom stereocenters. The highest BCUT2D eigenvalue weighted by atomic mass is 14.3. The fourth-order valence-corrected chi connectivity index (χ4v) is 7.43. The van der Waals surface area contributed by atoms with Gasteiger partial charge in [-0.05, 0) is 48.3 Å². The molecule has 3 fully saturated rings. The SMILES string of the molecule is CCCCCCC1CCC(CC2CCC(CC3CCC(CCC)CC3)CC2)CC1. The molecule has 29 heavy (non-hydrogen) atoms. The van der Waals surface area contributed by atoms with E-state index in [9.17, 15) is 0 Å². The van der Waals surface area contributed by atoms with E-state index in [0.717, 1.165) is 35.5 Å². The van der Waals surface area contributed by atoms with Crippen molar-refractivity contribution in [3.63, 3.8) is 0 Å². The summed E-state index contributed by atoms with van der Waals surface area (Å²) in [5.41, 5.74) is 0. The minimum Gasteiger partial charge on any atom is -0.0654 e. The normalized spacial score (nSPS) is 36.2. The second-order valence-electron chi connectivity index (χ2n) is 11.8. The van der Waals surface area contributed by atoms with Gasteiger partial charge in [0.25, 0.3) is 0 Å². The number of unbranched alkanes of at least 4 members (excludes halogenated alkanes) is 3. The molecule has 0 unspecified atom stereocenters. The summed E-state index contributed by atoms with van der Waals surface area (Å²) >= 11 is 0. The van der Waals surface area contributed by atoms with E-state index in [-0.39, 0.29) is 0 Å². The Labute approximate surface area is 184 Å². The van der Waals surface area contributed by atoms with Crippen LogP contribution in [-0.2, 0) is 0 Å². The van der Waals surface area contributed by atoms with Crippen LogP contribution in [0.3, 0.4) is 0 Å². The van der Waals surface area contributed by atoms with Crippen LogP contribution in [-0.4, -0.2) is 0 Å². The van der Waals surface area contributed by atoms with E-state index in [1.165, 1.54) is 44.9 Å². The lowest BCUT2D eigenvalue weighted by molar-refractivity contribution is 0.161. The summed E-state index contributed by atoms with van der Waals surface area (Å²) in [5.74, 6) is 6.55. The molecule has 3 aliphatic rings. The van der Waals surface area contributed by atoms with E-state index in [1.807, 2.05) is 0 Å². The van der Waals surface area contributed by atoms with Crippen LogP contribution in [0.2, 0.25) is 0 Å². The minimum absolute atomic E-state index is 1.08. The van der Waals surface area contributed by atoms with Crippen molar-refractivity contribution in [3.8, 4) is 0 Å². The fourth-order valence-electron chi connectivity index (χ4n) is 7.43. The minimum atomic E-state index is 1.08. The van der Waals surface area contributed by atoms with Gasteiger partial charge in [0.1, 0.15) is 0 Å². The van der Waals surface area contributed by atoms with Crippen LogP contribution in [0.5, 0.6) is 0 Å². The highest BCUT2D eigenvalue weighted by molar-refractivity contribution is 4.81. The molecule has 3 saturated carbocycles. The summed E-state index contributed by atoms with van der Waals surface area (Å²) in [6.07, 6.45) is 32.3. The van der Waals surface area contributed by atoms with Gasteiger partial charge in [-0.3, -0.25) is 0 Å². The molecule has 0 aliphatic heterocycles. The summed E-state index contributed by atoms with van der Waals surface area (Å²) in [4.78, 5) is 0. The van der Waals surface area contributed by atoms with Crippen LogP contribution < -0.4 is 0 Å². The first kappa shape index (κ1) is 23.7. The smallest absolute Gasteiger partial charge is 0.0411 e. The maximum atomic E-state index is 2.37. The van der Waals surface area contributed by atoms with Gasteiger partial charge >= 0.3 is 0 Å². The topological polar surface area (TPSA) is 0 Å². The number of rotatable bonds is 11. The Kier molecular flexibility index (Phi) is 10.9. The summed E-state index contributed by atoms with van der Waals surface area (Å²) in [7, 11) is 0. The maximum Gasteiger partial charge on any atom is -0.0411 e. The zero-order valence-electron chi connectivity index (χ0n) is 20.3. The predicted octanol–water partition coefficient (Wildman–Crippen LogP) is 9.96. The van der Waals surface area contributed by atoms with Crippen molar-refractivity contribution in [1.29, 1.82) is 0 Å². The van der Waals surface area contributed by atoms with Crippen molar-refractivity contribution in [3.05, 3.63) is 0 Å². The molecule has 0 heteroatoms. The molecular weight excluding hydrogens is 348 g/mol. The molecule has 0 nitrogen and oxygen atoms in total. The standard InChI is InChI=1S/C29H54/c1-3-5-6-7-9-25-12-16-27(17-13-25)23-29-20-18-28(19-21-29)22-26-14-10-24(8-4-2)11-15-26/h24-29H,3-23H2,1-2H3. The Morgan fingerprint density at radius 2 is 0.759 bits per heavy atom.